The molecule has 130 valence electrons. The van der Waals surface area contributed by atoms with Gasteiger partial charge in [0.15, 0.2) is 0 Å². The molecule has 22 heavy (non-hydrogen) atoms. The average Bonchev–Trinajstić information content (AvgIpc) is 3.36. The molecule has 1 aliphatic rings. The number of ketones is 1. The molecule has 0 radical (unpaired) electrons. The fourth-order valence-electron chi connectivity index (χ4n) is 3.23. The van der Waals surface area contributed by atoms with Gasteiger partial charge < -0.3 is 0 Å². The summed E-state index contributed by atoms with van der Waals surface area (Å²) in [4.78, 5) is 12.0. The second-order valence-corrected chi connectivity index (χ2v) is 7.85. The molecule has 1 unspecified atom stereocenters. The molecule has 1 saturated carbocycles. The number of hydrogen-bond acceptors (Lipinski definition) is 1. The Labute approximate surface area is 147 Å². The van der Waals surface area contributed by atoms with E-state index in [9.17, 15) is 4.79 Å². The van der Waals surface area contributed by atoms with E-state index < -0.39 is 0 Å². The molecule has 1 atom stereocenters. The van der Waals surface area contributed by atoms with Gasteiger partial charge in [0, 0.05) is 17.2 Å². The Hall–Kier alpha value is 0.150. The first-order valence-corrected chi connectivity index (χ1v) is 11.0. The second kappa shape index (κ2) is 13.6. The maximum absolute atomic E-state index is 12.0. The zero-order valence-corrected chi connectivity index (χ0v) is 16.3. The van der Waals surface area contributed by atoms with Crippen LogP contribution in [-0.2, 0) is 4.79 Å². The molecule has 0 aliphatic heterocycles. The van der Waals surface area contributed by atoms with E-state index in [0.29, 0.717) is 17.6 Å². The number of carbonyl (C=O) groups is 1. The topological polar surface area (TPSA) is 17.1 Å². The average molecular weight is 373 g/mol. The van der Waals surface area contributed by atoms with Crippen molar-refractivity contribution in [3.8, 4) is 0 Å². The molecule has 0 aromatic carbocycles. The maximum atomic E-state index is 12.0. The number of halogens is 1. The lowest BCUT2D eigenvalue weighted by Gasteiger charge is -2.12. The lowest BCUT2D eigenvalue weighted by atomic mass is 9.95. The second-order valence-electron chi connectivity index (χ2n) is 7.21. The molecule has 0 amide bonds. The predicted molar refractivity (Wildman–Crippen MR) is 101 cm³/mol. The standard InChI is InChI=1S/C20H37BrO/c1-2-3-4-5-6-7-8-9-10-11-12-13-14-19(17-21)20(22)18-15-16-18/h18-19H,2-17H2,1H3. The van der Waals surface area contributed by atoms with Crippen LogP contribution in [0, 0.1) is 11.8 Å². The first-order valence-electron chi connectivity index (χ1n) is 9.89. The fourth-order valence-corrected chi connectivity index (χ4v) is 3.87. The van der Waals surface area contributed by atoms with E-state index in [1.54, 1.807) is 0 Å². The molecule has 0 bridgehead atoms. The Kier molecular flexibility index (Phi) is 12.5. The van der Waals surface area contributed by atoms with Crippen LogP contribution < -0.4 is 0 Å². The summed E-state index contributed by atoms with van der Waals surface area (Å²) in [6, 6.07) is 0. The summed E-state index contributed by atoms with van der Waals surface area (Å²) in [5.74, 6) is 1.27. The summed E-state index contributed by atoms with van der Waals surface area (Å²) in [6.45, 7) is 2.28. The molecule has 0 spiro atoms. The molecule has 0 saturated heterocycles. The van der Waals surface area contributed by atoms with Crippen molar-refractivity contribution < 1.29 is 4.79 Å². The fraction of sp³-hybridized carbons (Fsp3) is 0.950. The quantitative estimate of drug-likeness (QED) is 0.209. The van der Waals surface area contributed by atoms with E-state index in [-0.39, 0.29) is 0 Å². The summed E-state index contributed by atoms with van der Waals surface area (Å²) in [5.41, 5.74) is 0. The maximum Gasteiger partial charge on any atom is 0.139 e. The zero-order chi connectivity index (χ0) is 16.0. The van der Waals surface area contributed by atoms with E-state index in [1.807, 2.05) is 0 Å². The molecule has 0 aromatic rings. The Morgan fingerprint density at radius 1 is 0.864 bits per heavy atom. The number of Topliss-reactive ketones (excluding diaryl/α,β-unsaturated/α-hetero) is 1. The van der Waals surface area contributed by atoms with Crippen molar-refractivity contribution in [1.82, 2.24) is 0 Å². The highest BCUT2D eigenvalue weighted by molar-refractivity contribution is 9.09. The van der Waals surface area contributed by atoms with Gasteiger partial charge in [0.2, 0.25) is 0 Å². The van der Waals surface area contributed by atoms with Crippen LogP contribution in [0.2, 0.25) is 0 Å². The Morgan fingerprint density at radius 2 is 1.32 bits per heavy atom. The minimum absolute atomic E-state index is 0.302. The largest absolute Gasteiger partial charge is 0.299 e. The number of alkyl halides is 1. The third-order valence-corrected chi connectivity index (χ3v) is 5.76. The van der Waals surface area contributed by atoms with Crippen LogP contribution in [-0.4, -0.2) is 11.1 Å². The number of hydrogen-bond donors (Lipinski definition) is 0. The molecular weight excluding hydrogens is 336 g/mol. The van der Waals surface area contributed by atoms with Gasteiger partial charge in [-0.2, -0.15) is 0 Å². The Balaban J connectivity index is 1.81. The van der Waals surface area contributed by atoms with E-state index in [2.05, 4.69) is 22.9 Å². The molecular formula is C20H37BrO. The third-order valence-electron chi connectivity index (χ3n) is 4.97. The monoisotopic (exact) mass is 372 g/mol. The molecule has 0 heterocycles. The van der Waals surface area contributed by atoms with E-state index in [4.69, 9.17) is 0 Å². The first-order chi connectivity index (χ1) is 10.8. The highest BCUT2D eigenvalue weighted by Crippen LogP contribution is 2.34. The van der Waals surface area contributed by atoms with Crippen LogP contribution in [0.5, 0.6) is 0 Å². The molecule has 1 nitrogen and oxygen atoms in total. The van der Waals surface area contributed by atoms with Crippen molar-refractivity contribution in [2.45, 2.75) is 103 Å². The Morgan fingerprint density at radius 3 is 1.73 bits per heavy atom. The summed E-state index contributed by atoms with van der Waals surface area (Å²) in [6.07, 6.45) is 20.1. The highest BCUT2D eigenvalue weighted by atomic mass is 79.9. The summed E-state index contributed by atoms with van der Waals surface area (Å²) < 4.78 is 0. The normalized spacial score (nSPS) is 15.9. The van der Waals surface area contributed by atoms with Gasteiger partial charge in [-0.25, -0.2) is 0 Å². The van der Waals surface area contributed by atoms with E-state index in [0.717, 1.165) is 24.6 Å². The van der Waals surface area contributed by atoms with Crippen molar-refractivity contribution in [3.63, 3.8) is 0 Å². The van der Waals surface area contributed by atoms with Crippen LogP contribution in [0.25, 0.3) is 0 Å². The smallest absolute Gasteiger partial charge is 0.139 e. The van der Waals surface area contributed by atoms with E-state index >= 15 is 0 Å². The minimum atomic E-state index is 0.302. The Bertz CT molecular complexity index is 273. The summed E-state index contributed by atoms with van der Waals surface area (Å²) in [7, 11) is 0. The molecule has 1 aliphatic carbocycles. The zero-order valence-electron chi connectivity index (χ0n) is 14.8. The van der Waals surface area contributed by atoms with Crippen LogP contribution in [0.3, 0.4) is 0 Å². The molecule has 1 fully saturated rings. The van der Waals surface area contributed by atoms with Gasteiger partial charge >= 0.3 is 0 Å². The van der Waals surface area contributed by atoms with Crippen molar-refractivity contribution >= 4 is 21.7 Å². The van der Waals surface area contributed by atoms with Crippen molar-refractivity contribution in [2.75, 3.05) is 5.33 Å². The van der Waals surface area contributed by atoms with Gasteiger partial charge in [-0.05, 0) is 19.3 Å². The summed E-state index contributed by atoms with van der Waals surface area (Å²) in [5, 5.41) is 0.875. The van der Waals surface area contributed by atoms with Crippen molar-refractivity contribution in [3.05, 3.63) is 0 Å². The SMILES string of the molecule is CCCCCCCCCCCCCCC(CBr)C(=O)C1CC1. The molecule has 1 rings (SSSR count). The highest BCUT2D eigenvalue weighted by Gasteiger charge is 2.33. The van der Waals surface area contributed by atoms with Crippen LogP contribution in [0.4, 0.5) is 0 Å². The third kappa shape index (κ3) is 10.0. The van der Waals surface area contributed by atoms with Gasteiger partial charge in [0.25, 0.3) is 0 Å². The van der Waals surface area contributed by atoms with E-state index in [1.165, 1.54) is 77.0 Å². The predicted octanol–water partition coefficient (Wildman–Crippen LogP) is 7.07. The van der Waals surface area contributed by atoms with Gasteiger partial charge in [0.05, 0.1) is 0 Å². The van der Waals surface area contributed by atoms with Gasteiger partial charge in [-0.15, -0.1) is 0 Å². The van der Waals surface area contributed by atoms with Crippen molar-refractivity contribution in [1.29, 1.82) is 0 Å². The summed E-state index contributed by atoms with van der Waals surface area (Å²) >= 11 is 3.53. The number of rotatable bonds is 16. The van der Waals surface area contributed by atoms with Crippen LogP contribution >= 0.6 is 15.9 Å². The molecule has 2 heteroatoms. The van der Waals surface area contributed by atoms with Crippen molar-refractivity contribution in [2.24, 2.45) is 11.8 Å². The number of unbranched alkanes of at least 4 members (excludes halogenated alkanes) is 11. The lowest BCUT2D eigenvalue weighted by molar-refractivity contribution is -0.123. The van der Waals surface area contributed by atoms with Crippen LogP contribution in [0.1, 0.15) is 103 Å². The van der Waals surface area contributed by atoms with Gasteiger partial charge in [-0.3, -0.25) is 4.79 Å². The number of carbonyl (C=O) groups excluding carboxylic acids is 1. The first kappa shape index (κ1) is 20.2. The van der Waals surface area contributed by atoms with Crippen LogP contribution in [0.15, 0.2) is 0 Å². The lowest BCUT2D eigenvalue weighted by Crippen LogP contribution is -2.17. The van der Waals surface area contributed by atoms with Gasteiger partial charge in [0.1, 0.15) is 5.78 Å². The molecule has 0 N–H and O–H groups in total. The minimum Gasteiger partial charge on any atom is -0.299 e. The van der Waals surface area contributed by atoms with Gasteiger partial charge in [-0.1, -0.05) is 99.9 Å². The molecule has 0 aromatic heterocycles.